The molecule has 1 atom stereocenters. The highest BCUT2D eigenvalue weighted by atomic mass is 16.2. The van der Waals surface area contributed by atoms with E-state index >= 15 is 0 Å². The summed E-state index contributed by atoms with van der Waals surface area (Å²) in [7, 11) is 0. The molecule has 0 aliphatic rings. The van der Waals surface area contributed by atoms with E-state index in [1.165, 1.54) is 0 Å². The molecule has 24 heavy (non-hydrogen) atoms. The molecule has 1 N–H and O–H groups in total. The highest BCUT2D eigenvalue weighted by molar-refractivity contribution is 5.76. The topological polar surface area (TPSA) is 64.7 Å². The van der Waals surface area contributed by atoms with Gasteiger partial charge in [0.1, 0.15) is 12.4 Å². The van der Waals surface area contributed by atoms with Crippen molar-refractivity contribution in [1.29, 1.82) is 0 Å². The second-order valence-electron chi connectivity index (χ2n) is 5.58. The van der Waals surface area contributed by atoms with E-state index in [9.17, 15) is 4.79 Å². The van der Waals surface area contributed by atoms with E-state index in [0.29, 0.717) is 6.54 Å². The summed E-state index contributed by atoms with van der Waals surface area (Å²) in [5.41, 5.74) is 1.06. The zero-order valence-electron chi connectivity index (χ0n) is 13.7. The number of imidazole rings is 1. The molecular weight excluding hydrogens is 302 g/mol. The lowest BCUT2D eigenvalue weighted by Gasteiger charge is -2.20. The van der Waals surface area contributed by atoms with Crippen LogP contribution in [0.1, 0.15) is 24.4 Å². The number of carbonyl (C=O) groups excluding carboxylic acids is 1. The Morgan fingerprint density at radius 2 is 2.00 bits per heavy atom. The van der Waals surface area contributed by atoms with Gasteiger partial charge in [0.05, 0.1) is 12.6 Å². The Bertz CT molecular complexity index is 764. The number of nitrogens with zero attached hydrogens (tertiary/aromatic N) is 4. The number of amides is 1. The molecule has 0 unspecified atom stereocenters. The Morgan fingerprint density at radius 3 is 2.71 bits per heavy atom. The zero-order valence-corrected chi connectivity index (χ0v) is 13.7. The summed E-state index contributed by atoms with van der Waals surface area (Å²) in [6.45, 7) is 2.89. The Hall–Kier alpha value is -2.89. The van der Waals surface area contributed by atoms with Gasteiger partial charge in [-0.05, 0) is 11.6 Å². The van der Waals surface area contributed by atoms with Crippen molar-refractivity contribution in [1.82, 2.24) is 24.6 Å². The third-order valence-corrected chi connectivity index (χ3v) is 3.90. The number of benzene rings is 1. The van der Waals surface area contributed by atoms with Gasteiger partial charge in [0.15, 0.2) is 0 Å². The van der Waals surface area contributed by atoms with Gasteiger partial charge in [-0.1, -0.05) is 37.3 Å². The van der Waals surface area contributed by atoms with Crippen LogP contribution in [-0.2, 0) is 24.3 Å². The maximum Gasteiger partial charge on any atom is 0.240 e. The van der Waals surface area contributed by atoms with E-state index in [1.54, 1.807) is 12.4 Å². The van der Waals surface area contributed by atoms with Gasteiger partial charge in [-0.15, -0.1) is 0 Å². The van der Waals surface area contributed by atoms with Gasteiger partial charge >= 0.3 is 0 Å². The molecule has 0 fully saturated rings. The number of aryl methyl sites for hydroxylation is 1. The molecule has 3 rings (SSSR count). The Morgan fingerprint density at radius 1 is 1.17 bits per heavy atom. The largest absolute Gasteiger partial charge is 0.346 e. The second-order valence-corrected chi connectivity index (χ2v) is 5.58. The molecule has 0 saturated carbocycles. The third-order valence-electron chi connectivity index (χ3n) is 3.90. The van der Waals surface area contributed by atoms with E-state index < -0.39 is 0 Å². The Kier molecular flexibility index (Phi) is 5.05. The third kappa shape index (κ3) is 3.90. The first kappa shape index (κ1) is 16.0. The van der Waals surface area contributed by atoms with E-state index in [1.807, 2.05) is 65.0 Å². The summed E-state index contributed by atoms with van der Waals surface area (Å²) in [6, 6.07) is 11.7. The molecular formula is C18H21N5O. The summed E-state index contributed by atoms with van der Waals surface area (Å²) in [4.78, 5) is 16.8. The summed E-state index contributed by atoms with van der Waals surface area (Å²) < 4.78 is 3.71. The molecule has 1 aromatic carbocycles. The predicted molar refractivity (Wildman–Crippen MR) is 91.2 cm³/mol. The standard InChI is InChI=1S/C18H21N5O/c1-2-17-19-10-12-22(17)14-18(24)21-16(13-23-11-6-9-20-23)15-7-4-3-5-8-15/h3-12,16H,2,13-14H2,1H3,(H,21,24)/t16-/m0/s1. The van der Waals surface area contributed by atoms with Crippen LogP contribution in [0.5, 0.6) is 0 Å². The van der Waals surface area contributed by atoms with Crippen molar-refractivity contribution in [2.24, 2.45) is 0 Å². The first-order chi connectivity index (χ1) is 11.8. The van der Waals surface area contributed by atoms with Gasteiger partial charge in [0, 0.05) is 31.2 Å². The second kappa shape index (κ2) is 7.59. The van der Waals surface area contributed by atoms with Crippen molar-refractivity contribution >= 4 is 5.91 Å². The van der Waals surface area contributed by atoms with Crippen molar-refractivity contribution in [2.75, 3.05) is 0 Å². The van der Waals surface area contributed by atoms with Crippen molar-refractivity contribution in [3.63, 3.8) is 0 Å². The highest BCUT2D eigenvalue weighted by Gasteiger charge is 2.16. The minimum absolute atomic E-state index is 0.0382. The monoisotopic (exact) mass is 323 g/mol. The SMILES string of the molecule is CCc1nccn1CC(=O)N[C@@H](Cn1cccn1)c1ccccc1. The van der Waals surface area contributed by atoms with Crippen LogP contribution in [0.3, 0.4) is 0 Å². The van der Waals surface area contributed by atoms with Crippen molar-refractivity contribution < 1.29 is 4.79 Å². The molecule has 2 aromatic heterocycles. The van der Waals surface area contributed by atoms with Crippen LogP contribution in [-0.4, -0.2) is 25.2 Å². The molecule has 0 saturated heterocycles. The van der Waals surface area contributed by atoms with Crippen molar-refractivity contribution in [2.45, 2.75) is 32.5 Å². The van der Waals surface area contributed by atoms with Gasteiger partial charge in [-0.2, -0.15) is 5.10 Å². The van der Waals surface area contributed by atoms with Gasteiger partial charge in [-0.3, -0.25) is 9.48 Å². The number of rotatable bonds is 7. The Labute approximate surface area is 141 Å². The van der Waals surface area contributed by atoms with Crippen LogP contribution in [0.15, 0.2) is 61.2 Å². The average Bonchev–Trinajstić information content (AvgIpc) is 3.26. The lowest BCUT2D eigenvalue weighted by molar-refractivity contribution is -0.122. The van der Waals surface area contributed by atoms with Crippen LogP contribution in [0.25, 0.3) is 0 Å². The van der Waals surface area contributed by atoms with Crippen LogP contribution >= 0.6 is 0 Å². The lowest BCUT2D eigenvalue weighted by Crippen LogP contribution is -2.34. The highest BCUT2D eigenvalue weighted by Crippen LogP contribution is 2.15. The molecule has 0 aliphatic heterocycles. The average molecular weight is 323 g/mol. The maximum absolute atomic E-state index is 12.5. The molecule has 6 heteroatoms. The zero-order chi connectivity index (χ0) is 16.8. The quantitative estimate of drug-likeness (QED) is 0.725. The number of nitrogens with one attached hydrogen (secondary N) is 1. The molecule has 1 amide bonds. The number of hydrogen-bond acceptors (Lipinski definition) is 3. The minimum atomic E-state index is -0.132. The molecule has 2 heterocycles. The molecule has 6 nitrogen and oxygen atoms in total. The van der Waals surface area contributed by atoms with Gasteiger partial charge in [0.2, 0.25) is 5.91 Å². The molecule has 0 bridgehead atoms. The number of hydrogen-bond donors (Lipinski definition) is 1. The normalized spacial score (nSPS) is 12.0. The van der Waals surface area contributed by atoms with Gasteiger partial charge < -0.3 is 9.88 Å². The first-order valence-electron chi connectivity index (χ1n) is 8.08. The molecule has 0 spiro atoms. The fraction of sp³-hybridized carbons (Fsp3) is 0.278. The summed E-state index contributed by atoms with van der Waals surface area (Å²) in [5.74, 6) is 0.872. The smallest absolute Gasteiger partial charge is 0.240 e. The van der Waals surface area contributed by atoms with Crippen LogP contribution in [0.4, 0.5) is 0 Å². The van der Waals surface area contributed by atoms with E-state index in [2.05, 4.69) is 15.4 Å². The van der Waals surface area contributed by atoms with Crippen molar-refractivity contribution in [3.05, 3.63) is 72.6 Å². The van der Waals surface area contributed by atoms with Crippen LogP contribution < -0.4 is 5.32 Å². The minimum Gasteiger partial charge on any atom is -0.346 e. The summed E-state index contributed by atoms with van der Waals surface area (Å²) in [5, 5.41) is 7.35. The molecule has 3 aromatic rings. The fourth-order valence-corrected chi connectivity index (χ4v) is 2.71. The van der Waals surface area contributed by atoms with Crippen molar-refractivity contribution in [3.8, 4) is 0 Å². The van der Waals surface area contributed by atoms with Gasteiger partial charge in [0.25, 0.3) is 0 Å². The lowest BCUT2D eigenvalue weighted by atomic mass is 10.1. The number of carbonyl (C=O) groups is 1. The summed E-state index contributed by atoms with van der Waals surface area (Å²) in [6.07, 6.45) is 8.00. The van der Waals surface area contributed by atoms with Gasteiger partial charge in [-0.25, -0.2) is 4.98 Å². The van der Waals surface area contributed by atoms with E-state index in [-0.39, 0.29) is 18.5 Å². The van der Waals surface area contributed by atoms with E-state index in [0.717, 1.165) is 17.8 Å². The van der Waals surface area contributed by atoms with Crippen LogP contribution in [0.2, 0.25) is 0 Å². The Balaban J connectivity index is 1.72. The predicted octanol–water partition coefficient (Wildman–Crippen LogP) is 2.20. The molecule has 0 aliphatic carbocycles. The number of aromatic nitrogens is 4. The molecule has 124 valence electrons. The van der Waals surface area contributed by atoms with E-state index in [4.69, 9.17) is 0 Å². The summed E-state index contributed by atoms with van der Waals surface area (Å²) >= 11 is 0. The van der Waals surface area contributed by atoms with Crippen LogP contribution in [0, 0.1) is 0 Å². The fourth-order valence-electron chi connectivity index (χ4n) is 2.71. The first-order valence-corrected chi connectivity index (χ1v) is 8.08. The molecule has 0 radical (unpaired) electrons. The maximum atomic E-state index is 12.5.